The van der Waals surface area contributed by atoms with E-state index in [-0.39, 0.29) is 23.7 Å². The van der Waals surface area contributed by atoms with Gasteiger partial charge in [0.15, 0.2) is 0 Å². The van der Waals surface area contributed by atoms with Crippen molar-refractivity contribution in [3.8, 4) is 0 Å². The van der Waals surface area contributed by atoms with Crippen LogP contribution in [0, 0.1) is 0 Å². The first-order chi connectivity index (χ1) is 10.9. The molecule has 0 saturated heterocycles. The van der Waals surface area contributed by atoms with E-state index in [1.54, 1.807) is 17.7 Å². The van der Waals surface area contributed by atoms with Crippen LogP contribution in [0.3, 0.4) is 0 Å². The smallest absolute Gasteiger partial charge is 0.321 e. The normalized spacial score (nSPS) is 10.7. The number of nitrogens with one attached hydrogen (secondary N) is 3. The average molecular weight is 319 g/mol. The van der Waals surface area contributed by atoms with Crippen molar-refractivity contribution >= 4 is 28.8 Å². The molecule has 0 saturated carbocycles. The maximum absolute atomic E-state index is 12.1. The molecule has 0 spiro atoms. The van der Waals surface area contributed by atoms with Crippen molar-refractivity contribution in [1.29, 1.82) is 0 Å². The van der Waals surface area contributed by atoms with Crippen LogP contribution in [0.4, 0.5) is 10.7 Å². The number of fused-ring (bicyclic) bond motifs is 1. The number of amides is 2. The van der Waals surface area contributed by atoms with Crippen LogP contribution in [0.2, 0.25) is 0 Å². The summed E-state index contributed by atoms with van der Waals surface area (Å²) >= 11 is 0. The fraction of sp³-hybridized carbons (Fsp3) is 0.467. The van der Waals surface area contributed by atoms with Gasteiger partial charge in [-0.2, -0.15) is 4.98 Å². The second-order valence-electron chi connectivity index (χ2n) is 5.46. The second-order valence-corrected chi connectivity index (χ2v) is 5.46. The Hall–Kier alpha value is -2.64. The third kappa shape index (κ3) is 3.97. The molecule has 0 aliphatic heterocycles. The molecule has 8 nitrogen and oxygen atoms in total. The van der Waals surface area contributed by atoms with E-state index >= 15 is 0 Å². The van der Waals surface area contributed by atoms with Gasteiger partial charge in [-0.05, 0) is 19.4 Å². The van der Waals surface area contributed by atoms with Crippen LogP contribution in [-0.2, 0) is 18.3 Å². The summed E-state index contributed by atoms with van der Waals surface area (Å²) in [5.41, 5.74) is 0.771. The molecule has 0 unspecified atom stereocenters. The van der Waals surface area contributed by atoms with Gasteiger partial charge in [-0.15, -0.1) is 0 Å². The summed E-state index contributed by atoms with van der Waals surface area (Å²) in [4.78, 5) is 41.9. The lowest BCUT2D eigenvalue weighted by Gasteiger charge is -2.07. The Morgan fingerprint density at radius 3 is 2.78 bits per heavy atom. The summed E-state index contributed by atoms with van der Waals surface area (Å²) < 4.78 is 1.69. The van der Waals surface area contributed by atoms with Gasteiger partial charge in [0, 0.05) is 25.7 Å². The Kier molecular flexibility index (Phi) is 5.15. The Bertz CT molecular complexity index is 790. The van der Waals surface area contributed by atoms with Gasteiger partial charge < -0.3 is 9.88 Å². The van der Waals surface area contributed by atoms with E-state index in [9.17, 15) is 14.4 Å². The van der Waals surface area contributed by atoms with Gasteiger partial charge in [-0.3, -0.25) is 19.9 Å². The predicted octanol–water partition coefficient (Wildman–Crippen LogP) is 1.31. The molecule has 0 radical (unpaired) electrons. The minimum atomic E-state index is -0.417. The molecule has 3 N–H and O–H groups in total. The summed E-state index contributed by atoms with van der Waals surface area (Å²) in [6, 6.07) is 1.23. The van der Waals surface area contributed by atoms with Crippen molar-refractivity contribution in [2.75, 3.05) is 11.9 Å². The molecule has 2 aromatic rings. The Morgan fingerprint density at radius 2 is 2.13 bits per heavy atom. The van der Waals surface area contributed by atoms with Crippen LogP contribution < -0.4 is 16.2 Å². The van der Waals surface area contributed by atoms with Crippen molar-refractivity contribution in [2.45, 2.75) is 33.1 Å². The van der Waals surface area contributed by atoms with Gasteiger partial charge in [0.1, 0.15) is 11.4 Å². The number of hydrogen-bond acceptors (Lipinski definition) is 4. The number of ketones is 1. The number of aromatic nitrogens is 3. The van der Waals surface area contributed by atoms with E-state index in [2.05, 4.69) is 20.6 Å². The van der Waals surface area contributed by atoms with Crippen LogP contribution in [-0.4, -0.2) is 32.9 Å². The molecule has 2 aromatic heterocycles. The fourth-order valence-electron chi connectivity index (χ4n) is 2.27. The fourth-order valence-corrected chi connectivity index (χ4v) is 2.27. The number of aryl methyl sites for hydroxylation is 1. The summed E-state index contributed by atoms with van der Waals surface area (Å²) in [5, 5.41) is 5.59. The number of rotatable bonds is 6. The molecule has 0 bridgehead atoms. The number of unbranched alkanes of at least 4 members (excludes halogenated alkanes) is 1. The quantitative estimate of drug-likeness (QED) is 0.697. The van der Waals surface area contributed by atoms with Crippen molar-refractivity contribution in [3.63, 3.8) is 0 Å². The lowest BCUT2D eigenvalue weighted by atomic mass is 10.2. The first kappa shape index (κ1) is 16.7. The molecule has 2 rings (SSSR count). The monoisotopic (exact) mass is 319 g/mol. The molecular weight excluding hydrogens is 298 g/mol. The van der Waals surface area contributed by atoms with Gasteiger partial charge in [0.2, 0.25) is 5.95 Å². The average Bonchev–Trinajstić information content (AvgIpc) is 2.76. The van der Waals surface area contributed by atoms with Crippen LogP contribution >= 0.6 is 0 Å². The Morgan fingerprint density at radius 1 is 1.39 bits per heavy atom. The van der Waals surface area contributed by atoms with Crippen LogP contribution in [0.15, 0.2) is 10.9 Å². The number of anilines is 1. The molecule has 2 amide bonds. The van der Waals surface area contributed by atoms with Crippen LogP contribution in [0.1, 0.15) is 32.4 Å². The van der Waals surface area contributed by atoms with Gasteiger partial charge in [-0.25, -0.2) is 4.79 Å². The van der Waals surface area contributed by atoms with Crippen molar-refractivity contribution < 1.29 is 9.59 Å². The standard InChI is InChI=1S/C15H21N5O3/c1-4-5-6-16-15(23)19-14-17-12-11(13(22)18-14)8-10(20(12)3)7-9(2)21/h8H,4-7H2,1-3H3,(H3,16,17,18,19,22,23). The van der Waals surface area contributed by atoms with E-state index < -0.39 is 6.03 Å². The van der Waals surface area contributed by atoms with E-state index in [1.165, 1.54) is 6.92 Å². The lowest BCUT2D eigenvalue weighted by Crippen LogP contribution is -2.31. The number of nitrogens with zero attached hydrogens (tertiary/aromatic N) is 2. The van der Waals surface area contributed by atoms with E-state index in [0.29, 0.717) is 23.3 Å². The summed E-state index contributed by atoms with van der Waals surface area (Å²) in [7, 11) is 1.73. The van der Waals surface area contributed by atoms with Gasteiger partial charge in [0.05, 0.1) is 5.39 Å². The lowest BCUT2D eigenvalue weighted by molar-refractivity contribution is -0.116. The number of H-pyrrole nitrogens is 1. The van der Waals surface area contributed by atoms with E-state index in [4.69, 9.17) is 0 Å². The minimum Gasteiger partial charge on any atom is -0.338 e. The maximum atomic E-state index is 12.1. The topological polar surface area (TPSA) is 109 Å². The molecule has 0 fully saturated rings. The van der Waals surface area contributed by atoms with E-state index in [0.717, 1.165) is 12.8 Å². The largest absolute Gasteiger partial charge is 0.338 e. The molecule has 23 heavy (non-hydrogen) atoms. The minimum absolute atomic E-state index is 0.000912. The molecule has 2 heterocycles. The summed E-state index contributed by atoms with van der Waals surface area (Å²) in [5.74, 6) is 0.0769. The third-order valence-electron chi connectivity index (χ3n) is 3.47. The molecule has 0 aromatic carbocycles. The number of hydrogen-bond donors (Lipinski definition) is 3. The SMILES string of the molecule is CCCCNC(=O)Nc1nc2c(cc(CC(C)=O)n2C)c(=O)[nH]1. The first-order valence-corrected chi connectivity index (χ1v) is 7.55. The highest BCUT2D eigenvalue weighted by atomic mass is 16.2. The summed E-state index contributed by atoms with van der Waals surface area (Å²) in [6.07, 6.45) is 2.08. The zero-order chi connectivity index (χ0) is 17.0. The summed E-state index contributed by atoms with van der Waals surface area (Å²) in [6.45, 7) is 4.07. The van der Waals surface area contributed by atoms with E-state index in [1.807, 2.05) is 6.92 Å². The van der Waals surface area contributed by atoms with Gasteiger partial charge in [0.25, 0.3) is 5.56 Å². The molecule has 8 heteroatoms. The molecule has 0 atom stereocenters. The van der Waals surface area contributed by atoms with Crippen molar-refractivity contribution in [3.05, 3.63) is 22.1 Å². The van der Waals surface area contributed by atoms with Gasteiger partial charge in [-0.1, -0.05) is 13.3 Å². The molecular formula is C15H21N5O3. The highest BCUT2D eigenvalue weighted by Gasteiger charge is 2.14. The first-order valence-electron chi connectivity index (χ1n) is 7.55. The Labute approximate surface area is 133 Å². The number of carbonyl (C=O) groups is 2. The Balaban J connectivity index is 2.26. The zero-order valence-corrected chi connectivity index (χ0v) is 13.5. The number of carbonyl (C=O) groups excluding carboxylic acids is 2. The predicted molar refractivity (Wildman–Crippen MR) is 87.6 cm³/mol. The highest BCUT2D eigenvalue weighted by Crippen LogP contribution is 2.15. The molecule has 0 aliphatic carbocycles. The van der Waals surface area contributed by atoms with Gasteiger partial charge >= 0.3 is 6.03 Å². The third-order valence-corrected chi connectivity index (χ3v) is 3.47. The number of urea groups is 1. The van der Waals surface area contributed by atoms with Crippen molar-refractivity contribution in [1.82, 2.24) is 19.9 Å². The second kappa shape index (κ2) is 7.08. The van der Waals surface area contributed by atoms with Crippen molar-refractivity contribution in [2.24, 2.45) is 7.05 Å². The number of Topliss-reactive ketones (excluding diaryl/α,β-unsaturated/α-hetero) is 1. The van der Waals surface area contributed by atoms with Crippen LogP contribution in [0.25, 0.3) is 11.0 Å². The van der Waals surface area contributed by atoms with Crippen LogP contribution in [0.5, 0.6) is 0 Å². The number of aromatic amines is 1. The highest BCUT2D eigenvalue weighted by molar-refractivity contribution is 5.89. The molecule has 124 valence electrons. The maximum Gasteiger partial charge on any atom is 0.321 e. The zero-order valence-electron chi connectivity index (χ0n) is 13.5. The molecule has 0 aliphatic rings.